The molecule has 0 saturated carbocycles. The van der Waals surface area contributed by atoms with E-state index in [-0.39, 0.29) is 80.1 Å². The Morgan fingerprint density at radius 3 is 2.00 bits per heavy atom. The van der Waals surface area contributed by atoms with E-state index in [1.165, 1.54) is 62.3 Å². The van der Waals surface area contributed by atoms with Crippen LogP contribution in [0.3, 0.4) is 0 Å². The minimum Gasteiger partial charge on any atom is -1.00 e. The van der Waals surface area contributed by atoms with Gasteiger partial charge in [0.25, 0.3) is 0 Å². The summed E-state index contributed by atoms with van der Waals surface area (Å²) >= 11 is 1.43. The Balaban J connectivity index is -0.00000112. The Hall–Kier alpha value is 0.470. The third-order valence-electron chi connectivity index (χ3n) is 5.23. The Morgan fingerprint density at radius 2 is 1.44 bits per heavy atom. The Kier molecular flexibility index (Phi) is 23.8. The van der Waals surface area contributed by atoms with Crippen LogP contribution in [0.25, 0.3) is 0 Å². The van der Waals surface area contributed by atoms with E-state index in [1.807, 2.05) is 12.1 Å². The first-order valence-electron chi connectivity index (χ1n) is 11.3. The molecule has 5 nitrogen and oxygen atoms in total. The quantitative estimate of drug-likeness (QED) is 0.201. The van der Waals surface area contributed by atoms with Crippen molar-refractivity contribution in [1.82, 2.24) is 0 Å². The molecule has 2 atom stereocenters. The van der Waals surface area contributed by atoms with E-state index in [0.29, 0.717) is 18.6 Å². The molecule has 0 saturated heterocycles. The number of aliphatic hydroxyl groups excluding tert-OH is 1. The normalized spacial score (nSPS) is 12.3. The molecule has 0 heterocycles. The zero-order chi connectivity index (χ0) is 22.2. The SMILES string of the molecule is CCCCCCCCCc1ccc(C(SCCC(=O)O)C(O)CCCC(=O)O)cc1.[H-].[H-].[Na+].[Na+]. The van der Waals surface area contributed by atoms with Crippen molar-refractivity contribution in [2.75, 3.05) is 5.75 Å². The maximum atomic E-state index is 10.8. The molecule has 2 unspecified atom stereocenters. The van der Waals surface area contributed by atoms with Gasteiger partial charge in [-0.3, -0.25) is 9.59 Å². The van der Waals surface area contributed by atoms with Gasteiger partial charge in [0.15, 0.2) is 0 Å². The van der Waals surface area contributed by atoms with Gasteiger partial charge in [0.05, 0.1) is 17.8 Å². The topological polar surface area (TPSA) is 94.8 Å². The summed E-state index contributed by atoms with van der Waals surface area (Å²) in [4.78, 5) is 21.6. The second-order valence-corrected chi connectivity index (χ2v) is 9.15. The largest absolute Gasteiger partial charge is 1.00 e. The first-order valence-corrected chi connectivity index (χ1v) is 12.3. The van der Waals surface area contributed by atoms with Crippen molar-refractivity contribution in [1.29, 1.82) is 0 Å². The molecule has 0 aliphatic rings. The molecule has 0 bridgehead atoms. The first-order chi connectivity index (χ1) is 14.4. The summed E-state index contributed by atoms with van der Waals surface area (Å²) in [5.74, 6) is -1.31. The molecule has 0 aromatic heterocycles. The van der Waals surface area contributed by atoms with Crippen LogP contribution < -0.4 is 59.1 Å². The fourth-order valence-electron chi connectivity index (χ4n) is 3.48. The van der Waals surface area contributed by atoms with Crippen LogP contribution in [0.1, 0.15) is 96.8 Å². The number of hydrogen-bond donors (Lipinski definition) is 3. The van der Waals surface area contributed by atoms with Gasteiger partial charge >= 0.3 is 71.1 Å². The van der Waals surface area contributed by atoms with Crippen LogP contribution in [0, 0.1) is 0 Å². The van der Waals surface area contributed by atoms with E-state index in [1.54, 1.807) is 0 Å². The standard InChI is InChI=1S/C24H38O5S.2Na.2H/c1-2-3-4-5-6-7-8-10-19-13-15-20(16-14-19)24(30-18-17-23(28)29)21(25)11-9-12-22(26)27;;;;/h13-16,21,24-25H,2-12,17-18H2,1H3,(H,26,27)(H,28,29);;;;/q;2*+1;2*-1. The van der Waals surface area contributed by atoms with Crippen LogP contribution in [-0.4, -0.2) is 39.1 Å². The molecule has 8 heteroatoms. The van der Waals surface area contributed by atoms with Crippen molar-refractivity contribution in [3.63, 3.8) is 0 Å². The summed E-state index contributed by atoms with van der Waals surface area (Å²) in [5.41, 5.74) is 2.25. The smallest absolute Gasteiger partial charge is 1.00 e. The first kappa shape index (κ1) is 34.6. The third-order valence-corrected chi connectivity index (χ3v) is 6.62. The molecule has 3 N–H and O–H groups in total. The molecule has 0 radical (unpaired) electrons. The molecule has 0 aliphatic heterocycles. The number of carboxylic acids is 2. The van der Waals surface area contributed by atoms with Gasteiger partial charge in [-0.05, 0) is 36.8 Å². The van der Waals surface area contributed by atoms with Gasteiger partial charge in [-0.25, -0.2) is 0 Å². The third kappa shape index (κ3) is 17.0. The monoisotopic (exact) mass is 486 g/mol. The van der Waals surface area contributed by atoms with Gasteiger partial charge in [0.2, 0.25) is 0 Å². The number of unbranched alkanes of at least 4 members (excludes halogenated alkanes) is 6. The summed E-state index contributed by atoms with van der Waals surface area (Å²) in [6, 6.07) is 8.24. The molecular formula is C24H40Na2O5S. The van der Waals surface area contributed by atoms with Crippen LogP contribution >= 0.6 is 11.8 Å². The molecule has 0 spiro atoms. The van der Waals surface area contributed by atoms with Gasteiger partial charge in [0.1, 0.15) is 0 Å². The van der Waals surface area contributed by atoms with Crippen molar-refractivity contribution >= 4 is 23.7 Å². The van der Waals surface area contributed by atoms with Crippen molar-refractivity contribution in [2.24, 2.45) is 0 Å². The number of carboxylic acid groups (broad SMARTS) is 2. The second kappa shape index (κ2) is 22.0. The fourth-order valence-corrected chi connectivity index (χ4v) is 4.73. The molecular weight excluding hydrogens is 446 g/mol. The number of aliphatic hydroxyl groups is 1. The number of rotatable bonds is 18. The summed E-state index contributed by atoms with van der Waals surface area (Å²) in [6.45, 7) is 2.23. The van der Waals surface area contributed by atoms with E-state index in [2.05, 4.69) is 19.1 Å². The maximum absolute atomic E-state index is 10.8. The fraction of sp³-hybridized carbons (Fsp3) is 0.667. The van der Waals surface area contributed by atoms with E-state index in [9.17, 15) is 14.7 Å². The molecule has 174 valence electrons. The Labute approximate surface area is 245 Å². The van der Waals surface area contributed by atoms with Crippen LogP contribution in [0.4, 0.5) is 0 Å². The van der Waals surface area contributed by atoms with Gasteiger partial charge in [-0.15, -0.1) is 0 Å². The zero-order valence-electron chi connectivity index (χ0n) is 22.2. The van der Waals surface area contributed by atoms with Gasteiger partial charge in [0, 0.05) is 12.2 Å². The van der Waals surface area contributed by atoms with Crippen molar-refractivity contribution < 1.29 is 86.9 Å². The summed E-state index contributed by atoms with van der Waals surface area (Å²) in [7, 11) is 0. The Morgan fingerprint density at radius 1 is 0.875 bits per heavy atom. The minimum absolute atomic E-state index is 0. The van der Waals surface area contributed by atoms with Gasteiger partial charge in [-0.1, -0.05) is 69.7 Å². The van der Waals surface area contributed by atoms with Crippen LogP contribution in [0.5, 0.6) is 0 Å². The minimum atomic E-state index is -0.869. The number of thioether (sulfide) groups is 1. The molecule has 1 rings (SSSR count). The maximum Gasteiger partial charge on any atom is 1.00 e. The summed E-state index contributed by atoms with van der Waals surface area (Å²) in [5, 5.41) is 28.1. The zero-order valence-corrected chi connectivity index (χ0v) is 25.0. The van der Waals surface area contributed by atoms with Crippen LogP contribution in [0.2, 0.25) is 0 Å². The van der Waals surface area contributed by atoms with E-state index >= 15 is 0 Å². The molecule has 32 heavy (non-hydrogen) atoms. The van der Waals surface area contributed by atoms with Crippen LogP contribution in [-0.2, 0) is 16.0 Å². The van der Waals surface area contributed by atoms with E-state index in [0.717, 1.165) is 12.0 Å². The van der Waals surface area contributed by atoms with Crippen molar-refractivity contribution in [2.45, 2.75) is 95.3 Å². The number of hydrogen-bond acceptors (Lipinski definition) is 4. The van der Waals surface area contributed by atoms with E-state index in [4.69, 9.17) is 10.2 Å². The van der Waals surface area contributed by atoms with Crippen molar-refractivity contribution in [3.05, 3.63) is 35.4 Å². The predicted octanol–water partition coefficient (Wildman–Crippen LogP) is 0.0775. The molecule has 0 aliphatic carbocycles. The average molecular weight is 487 g/mol. The molecule has 1 aromatic carbocycles. The number of carbonyl (C=O) groups is 2. The number of aliphatic carboxylic acids is 2. The van der Waals surface area contributed by atoms with Gasteiger partial charge < -0.3 is 18.2 Å². The second-order valence-electron chi connectivity index (χ2n) is 7.90. The molecule has 0 fully saturated rings. The van der Waals surface area contributed by atoms with Crippen LogP contribution in [0.15, 0.2) is 24.3 Å². The summed E-state index contributed by atoms with van der Waals surface area (Å²) < 4.78 is 0. The summed E-state index contributed by atoms with van der Waals surface area (Å²) in [6.07, 6.45) is 10.2. The molecule has 1 aromatic rings. The molecule has 0 amide bonds. The Bertz CT molecular complexity index is 624. The van der Waals surface area contributed by atoms with Gasteiger partial charge in [-0.2, -0.15) is 11.8 Å². The van der Waals surface area contributed by atoms with E-state index < -0.39 is 18.0 Å². The van der Waals surface area contributed by atoms with Crippen molar-refractivity contribution in [3.8, 4) is 0 Å². The average Bonchev–Trinajstić information content (AvgIpc) is 2.70. The predicted molar refractivity (Wildman–Crippen MR) is 125 cm³/mol. The number of aryl methyl sites for hydroxylation is 1. The number of benzene rings is 1.